The SMILES string of the molecule is CON(C)C(=O)C[C@@H](Cc1ccc(C)cc1)NC(=O)C(F)(F)F. The number of nitrogens with one attached hydrogen (secondary N) is 1. The van der Waals surface area contributed by atoms with Crippen LogP contribution in [0.15, 0.2) is 24.3 Å². The van der Waals surface area contributed by atoms with E-state index in [0.29, 0.717) is 0 Å². The minimum Gasteiger partial charge on any atom is -0.345 e. The van der Waals surface area contributed by atoms with Crippen molar-refractivity contribution in [3.05, 3.63) is 35.4 Å². The van der Waals surface area contributed by atoms with E-state index in [2.05, 4.69) is 0 Å². The molecule has 0 aliphatic heterocycles. The van der Waals surface area contributed by atoms with Crippen molar-refractivity contribution in [2.75, 3.05) is 14.2 Å². The van der Waals surface area contributed by atoms with Crippen molar-refractivity contribution in [2.45, 2.75) is 32.0 Å². The molecule has 2 amide bonds. The third-order valence-electron chi connectivity index (χ3n) is 3.24. The Morgan fingerprint density at radius 1 is 1.26 bits per heavy atom. The zero-order valence-electron chi connectivity index (χ0n) is 13.1. The summed E-state index contributed by atoms with van der Waals surface area (Å²) < 4.78 is 37.3. The Bertz CT molecular complexity index is 544. The molecule has 1 rings (SSSR count). The number of carbonyl (C=O) groups excluding carboxylic acids is 2. The fourth-order valence-corrected chi connectivity index (χ4v) is 1.89. The van der Waals surface area contributed by atoms with Crippen LogP contribution >= 0.6 is 0 Å². The van der Waals surface area contributed by atoms with Gasteiger partial charge in [-0.1, -0.05) is 29.8 Å². The van der Waals surface area contributed by atoms with Crippen molar-refractivity contribution < 1.29 is 27.6 Å². The van der Waals surface area contributed by atoms with Crippen molar-refractivity contribution in [3.63, 3.8) is 0 Å². The number of carbonyl (C=O) groups is 2. The van der Waals surface area contributed by atoms with E-state index in [9.17, 15) is 22.8 Å². The summed E-state index contributed by atoms with van der Waals surface area (Å²) in [4.78, 5) is 27.7. The van der Waals surface area contributed by atoms with Crippen LogP contribution < -0.4 is 5.32 Å². The third kappa shape index (κ3) is 6.27. The van der Waals surface area contributed by atoms with Crippen LogP contribution in [0.2, 0.25) is 0 Å². The summed E-state index contributed by atoms with van der Waals surface area (Å²) in [5, 5.41) is 2.77. The van der Waals surface area contributed by atoms with Crippen LogP contribution in [0.4, 0.5) is 13.2 Å². The van der Waals surface area contributed by atoms with E-state index in [4.69, 9.17) is 4.84 Å². The standard InChI is InChI=1S/C15H19F3N2O3/c1-10-4-6-11(7-5-10)8-12(9-13(21)20(2)23-3)19-14(22)15(16,17)18/h4-7,12H,8-9H2,1-3H3,(H,19,22)/t12-/m1/s1. The molecule has 1 N–H and O–H groups in total. The quantitative estimate of drug-likeness (QED) is 0.811. The first-order valence-electron chi connectivity index (χ1n) is 6.87. The molecule has 0 spiro atoms. The van der Waals surface area contributed by atoms with Crippen LogP contribution in [0.5, 0.6) is 0 Å². The van der Waals surface area contributed by atoms with Crippen molar-refractivity contribution >= 4 is 11.8 Å². The summed E-state index contributed by atoms with van der Waals surface area (Å²) in [6.07, 6.45) is -5.20. The normalized spacial score (nSPS) is 12.6. The molecule has 0 aliphatic rings. The number of halogens is 3. The van der Waals surface area contributed by atoms with Gasteiger partial charge in [0.2, 0.25) is 5.91 Å². The molecule has 1 atom stereocenters. The van der Waals surface area contributed by atoms with Crippen LogP contribution in [-0.2, 0) is 20.8 Å². The Labute approximate surface area is 132 Å². The summed E-state index contributed by atoms with van der Waals surface area (Å²) in [7, 11) is 2.61. The van der Waals surface area contributed by atoms with Crippen LogP contribution in [0.25, 0.3) is 0 Å². The number of hydroxylamine groups is 2. The number of alkyl halides is 3. The summed E-state index contributed by atoms with van der Waals surface area (Å²) in [5.41, 5.74) is 1.72. The Kier molecular flexibility index (Phi) is 6.56. The van der Waals surface area contributed by atoms with Crippen molar-refractivity contribution in [1.82, 2.24) is 10.4 Å². The Hall–Kier alpha value is -2.09. The molecule has 128 valence electrons. The molecular formula is C15H19F3N2O3. The summed E-state index contributed by atoms with van der Waals surface area (Å²) >= 11 is 0. The van der Waals surface area contributed by atoms with Gasteiger partial charge in [0.15, 0.2) is 0 Å². The van der Waals surface area contributed by atoms with Gasteiger partial charge >= 0.3 is 12.1 Å². The predicted octanol–water partition coefficient (Wildman–Crippen LogP) is 1.99. The highest BCUT2D eigenvalue weighted by Gasteiger charge is 2.40. The predicted molar refractivity (Wildman–Crippen MR) is 77.3 cm³/mol. The average Bonchev–Trinajstić information content (AvgIpc) is 2.47. The van der Waals surface area contributed by atoms with Gasteiger partial charge in [-0.05, 0) is 18.9 Å². The number of benzene rings is 1. The summed E-state index contributed by atoms with van der Waals surface area (Å²) in [6.45, 7) is 1.88. The first kappa shape index (κ1) is 19.0. The molecule has 0 bridgehead atoms. The van der Waals surface area contributed by atoms with E-state index in [1.807, 2.05) is 12.2 Å². The number of nitrogens with zero attached hydrogens (tertiary/aromatic N) is 1. The van der Waals surface area contributed by atoms with E-state index in [1.165, 1.54) is 14.2 Å². The summed E-state index contributed by atoms with van der Waals surface area (Å²) in [5.74, 6) is -2.60. The maximum atomic E-state index is 12.4. The lowest BCUT2D eigenvalue weighted by Gasteiger charge is -2.22. The molecule has 1 aromatic carbocycles. The van der Waals surface area contributed by atoms with Gasteiger partial charge in [0.1, 0.15) is 0 Å². The van der Waals surface area contributed by atoms with Gasteiger partial charge in [-0.15, -0.1) is 0 Å². The van der Waals surface area contributed by atoms with Crippen LogP contribution in [0.3, 0.4) is 0 Å². The van der Waals surface area contributed by atoms with Crippen LogP contribution in [0.1, 0.15) is 17.5 Å². The number of hydrogen-bond acceptors (Lipinski definition) is 3. The minimum atomic E-state index is -5.00. The molecule has 5 nitrogen and oxygen atoms in total. The van der Waals surface area contributed by atoms with Crippen LogP contribution in [0, 0.1) is 6.92 Å². The van der Waals surface area contributed by atoms with Crippen molar-refractivity contribution in [1.29, 1.82) is 0 Å². The van der Waals surface area contributed by atoms with E-state index >= 15 is 0 Å². The third-order valence-corrected chi connectivity index (χ3v) is 3.24. The van der Waals surface area contributed by atoms with E-state index in [0.717, 1.165) is 16.2 Å². The fraction of sp³-hybridized carbons (Fsp3) is 0.467. The maximum absolute atomic E-state index is 12.4. The molecule has 0 fully saturated rings. The number of hydrogen-bond donors (Lipinski definition) is 1. The van der Waals surface area contributed by atoms with E-state index in [1.54, 1.807) is 24.3 Å². The lowest BCUT2D eigenvalue weighted by molar-refractivity contribution is -0.176. The van der Waals surface area contributed by atoms with Gasteiger partial charge in [-0.3, -0.25) is 14.4 Å². The van der Waals surface area contributed by atoms with Gasteiger partial charge < -0.3 is 5.32 Å². The lowest BCUT2D eigenvalue weighted by Crippen LogP contribution is -2.46. The zero-order valence-corrected chi connectivity index (χ0v) is 13.1. The maximum Gasteiger partial charge on any atom is 0.471 e. The average molecular weight is 332 g/mol. The lowest BCUT2D eigenvalue weighted by atomic mass is 10.0. The fourth-order valence-electron chi connectivity index (χ4n) is 1.89. The van der Waals surface area contributed by atoms with Gasteiger partial charge in [-0.25, -0.2) is 5.06 Å². The van der Waals surface area contributed by atoms with Crippen LogP contribution in [-0.4, -0.2) is 43.3 Å². The van der Waals surface area contributed by atoms with Gasteiger partial charge in [-0.2, -0.15) is 13.2 Å². The monoisotopic (exact) mass is 332 g/mol. The van der Waals surface area contributed by atoms with Gasteiger partial charge in [0.05, 0.1) is 7.11 Å². The minimum absolute atomic E-state index is 0.103. The topological polar surface area (TPSA) is 58.6 Å². The molecule has 0 heterocycles. The van der Waals surface area contributed by atoms with Crippen molar-refractivity contribution in [2.24, 2.45) is 0 Å². The molecular weight excluding hydrogens is 313 g/mol. The van der Waals surface area contributed by atoms with Gasteiger partial charge in [0.25, 0.3) is 0 Å². The smallest absolute Gasteiger partial charge is 0.345 e. The molecule has 0 unspecified atom stereocenters. The molecule has 0 saturated carbocycles. The largest absolute Gasteiger partial charge is 0.471 e. The Balaban J connectivity index is 2.85. The molecule has 23 heavy (non-hydrogen) atoms. The van der Waals surface area contributed by atoms with Gasteiger partial charge in [0, 0.05) is 19.5 Å². The van der Waals surface area contributed by atoms with Crippen molar-refractivity contribution in [3.8, 4) is 0 Å². The second kappa shape index (κ2) is 7.96. The first-order valence-corrected chi connectivity index (χ1v) is 6.87. The molecule has 0 aromatic heterocycles. The second-order valence-electron chi connectivity index (χ2n) is 5.14. The zero-order chi connectivity index (χ0) is 17.6. The highest BCUT2D eigenvalue weighted by molar-refractivity contribution is 5.83. The molecule has 0 aliphatic carbocycles. The molecule has 0 radical (unpaired) electrons. The van der Waals surface area contributed by atoms with E-state index < -0.39 is 24.0 Å². The number of rotatable bonds is 6. The highest BCUT2D eigenvalue weighted by atomic mass is 19.4. The first-order chi connectivity index (χ1) is 10.6. The Morgan fingerprint density at radius 2 is 1.83 bits per heavy atom. The summed E-state index contributed by atoms with van der Waals surface area (Å²) in [6, 6.07) is 6.11. The molecule has 8 heteroatoms. The second-order valence-corrected chi connectivity index (χ2v) is 5.14. The highest BCUT2D eigenvalue weighted by Crippen LogP contribution is 2.16. The number of amides is 2. The van der Waals surface area contributed by atoms with E-state index in [-0.39, 0.29) is 12.8 Å². The molecule has 0 saturated heterocycles. The molecule has 1 aromatic rings. The Morgan fingerprint density at radius 3 is 2.30 bits per heavy atom. The number of aryl methyl sites for hydroxylation is 1.